The third kappa shape index (κ3) is 2.69. The number of imidazole rings is 1. The summed E-state index contributed by atoms with van der Waals surface area (Å²) < 4.78 is 6.94. The van der Waals surface area contributed by atoms with E-state index in [1.807, 2.05) is 16.7 Å². The van der Waals surface area contributed by atoms with E-state index in [9.17, 15) is 4.79 Å². The van der Waals surface area contributed by atoms with E-state index in [0.29, 0.717) is 17.8 Å². The summed E-state index contributed by atoms with van der Waals surface area (Å²) in [5, 5.41) is 0.245. The lowest BCUT2D eigenvalue weighted by Crippen LogP contribution is -2.12. The van der Waals surface area contributed by atoms with E-state index in [2.05, 4.69) is 15.0 Å². The Balaban J connectivity index is 1.83. The number of esters is 1. The number of ether oxygens (including phenoxy) is 1. The number of aromatic nitrogens is 4. The predicted molar refractivity (Wildman–Crippen MR) is 77.7 cm³/mol. The maximum Gasteiger partial charge on any atom is 0.302 e. The fourth-order valence-electron chi connectivity index (χ4n) is 2.45. The Morgan fingerprint density at radius 1 is 1.52 bits per heavy atom. The summed E-state index contributed by atoms with van der Waals surface area (Å²) in [6.07, 6.45) is 6.56. The van der Waals surface area contributed by atoms with Crippen molar-refractivity contribution in [2.24, 2.45) is 5.92 Å². The highest BCUT2D eigenvalue weighted by atomic mass is 35.5. The van der Waals surface area contributed by atoms with Crippen molar-refractivity contribution in [2.45, 2.75) is 19.4 Å². The summed E-state index contributed by atoms with van der Waals surface area (Å²) in [6, 6.07) is 0.0842. The summed E-state index contributed by atoms with van der Waals surface area (Å²) in [5.41, 5.74) is 6.77. The molecule has 8 heteroatoms. The van der Waals surface area contributed by atoms with Gasteiger partial charge in [0.05, 0.1) is 19.0 Å². The number of allylic oxidation sites excluding steroid dienone is 1. The van der Waals surface area contributed by atoms with Gasteiger partial charge in [0.15, 0.2) is 10.8 Å². The first kappa shape index (κ1) is 13.8. The molecule has 21 heavy (non-hydrogen) atoms. The Bertz CT molecular complexity index is 727. The van der Waals surface area contributed by atoms with Crippen LogP contribution in [0.25, 0.3) is 11.2 Å². The molecule has 0 radical (unpaired) electrons. The van der Waals surface area contributed by atoms with E-state index in [1.165, 1.54) is 6.92 Å². The molecule has 2 aromatic heterocycles. The number of nitrogens with zero attached hydrogens (tertiary/aromatic N) is 4. The molecular formula is C13H14ClN5O2. The van der Waals surface area contributed by atoms with Gasteiger partial charge < -0.3 is 15.0 Å². The summed E-state index contributed by atoms with van der Waals surface area (Å²) in [4.78, 5) is 23.2. The second-order valence-corrected chi connectivity index (χ2v) is 5.31. The number of carbonyl (C=O) groups is 1. The van der Waals surface area contributed by atoms with E-state index in [4.69, 9.17) is 22.1 Å². The zero-order valence-corrected chi connectivity index (χ0v) is 12.1. The highest BCUT2D eigenvalue weighted by Crippen LogP contribution is 2.31. The second kappa shape index (κ2) is 5.33. The molecule has 3 rings (SSSR count). The molecular weight excluding hydrogens is 294 g/mol. The largest absolute Gasteiger partial charge is 0.465 e. The maximum atomic E-state index is 10.9. The average molecular weight is 308 g/mol. The second-order valence-electron chi connectivity index (χ2n) is 4.95. The van der Waals surface area contributed by atoms with Crippen LogP contribution in [0.15, 0.2) is 18.5 Å². The number of hydrogen-bond donors (Lipinski definition) is 1. The van der Waals surface area contributed by atoms with E-state index < -0.39 is 0 Å². The third-order valence-electron chi connectivity index (χ3n) is 3.40. The number of halogens is 1. The van der Waals surface area contributed by atoms with Gasteiger partial charge in [-0.3, -0.25) is 4.79 Å². The molecule has 2 N–H and O–H groups in total. The maximum absolute atomic E-state index is 10.9. The predicted octanol–water partition coefficient (Wildman–Crippen LogP) is 1.74. The SMILES string of the molecule is CC(=O)OC[C@@H]1C=C[C@H](n2cnc3c(Cl)nc(N)nc32)C1. The van der Waals surface area contributed by atoms with Crippen LogP contribution in [0, 0.1) is 5.92 Å². The average Bonchev–Trinajstić information content (AvgIpc) is 3.02. The van der Waals surface area contributed by atoms with Gasteiger partial charge in [-0.25, -0.2) is 4.98 Å². The van der Waals surface area contributed by atoms with Crippen molar-refractivity contribution in [3.63, 3.8) is 0 Å². The molecule has 0 fully saturated rings. The van der Waals surface area contributed by atoms with Crippen LogP contribution in [0.2, 0.25) is 5.15 Å². The van der Waals surface area contributed by atoms with Gasteiger partial charge in [0.25, 0.3) is 0 Å². The molecule has 0 unspecified atom stereocenters. The molecule has 0 bridgehead atoms. The van der Waals surface area contributed by atoms with Crippen LogP contribution in [0.3, 0.4) is 0 Å². The minimum Gasteiger partial charge on any atom is -0.465 e. The van der Waals surface area contributed by atoms with Gasteiger partial charge in [0.1, 0.15) is 5.52 Å². The highest BCUT2D eigenvalue weighted by Gasteiger charge is 2.23. The van der Waals surface area contributed by atoms with Gasteiger partial charge in [-0.2, -0.15) is 9.97 Å². The minimum absolute atomic E-state index is 0.0842. The van der Waals surface area contributed by atoms with E-state index in [-0.39, 0.29) is 29.0 Å². The number of rotatable bonds is 3. The van der Waals surface area contributed by atoms with Crippen molar-refractivity contribution in [2.75, 3.05) is 12.3 Å². The van der Waals surface area contributed by atoms with E-state index in [0.717, 1.165) is 6.42 Å². The van der Waals surface area contributed by atoms with Crippen LogP contribution in [0.1, 0.15) is 19.4 Å². The first-order valence-corrected chi connectivity index (χ1v) is 6.89. The van der Waals surface area contributed by atoms with E-state index in [1.54, 1.807) is 6.33 Å². The molecule has 2 heterocycles. The van der Waals surface area contributed by atoms with Crippen LogP contribution >= 0.6 is 11.6 Å². The Morgan fingerprint density at radius 3 is 3.10 bits per heavy atom. The first-order valence-electron chi connectivity index (χ1n) is 6.52. The van der Waals surface area contributed by atoms with Gasteiger partial charge in [-0.05, 0) is 6.42 Å². The van der Waals surface area contributed by atoms with Gasteiger partial charge in [0.2, 0.25) is 5.95 Å². The topological polar surface area (TPSA) is 95.9 Å². The first-order chi connectivity index (χ1) is 10.0. The Kier molecular flexibility index (Phi) is 3.50. The zero-order valence-electron chi connectivity index (χ0n) is 11.4. The lowest BCUT2D eigenvalue weighted by molar-refractivity contribution is -0.141. The zero-order chi connectivity index (χ0) is 15.0. The lowest BCUT2D eigenvalue weighted by atomic mass is 10.1. The van der Waals surface area contributed by atoms with Crippen LogP contribution in [-0.2, 0) is 9.53 Å². The Morgan fingerprint density at radius 2 is 2.33 bits per heavy atom. The quantitative estimate of drug-likeness (QED) is 0.527. The van der Waals surface area contributed by atoms with Crippen LogP contribution in [-0.4, -0.2) is 32.1 Å². The number of carbonyl (C=O) groups excluding carboxylic acids is 1. The molecule has 0 aromatic carbocycles. The monoisotopic (exact) mass is 307 g/mol. The normalized spacial score (nSPS) is 21.0. The molecule has 110 valence electrons. The molecule has 0 saturated carbocycles. The standard InChI is InChI=1S/C13H14ClN5O2/c1-7(20)21-5-8-2-3-9(4-8)19-6-16-10-11(14)17-13(15)18-12(10)19/h2-3,6,8-9H,4-5H2,1H3,(H2,15,17,18)/t8-,9+/m1/s1. The Labute approximate surface area is 125 Å². The number of nitrogen functional groups attached to an aromatic ring is 1. The minimum atomic E-state index is -0.271. The van der Waals surface area contributed by atoms with E-state index >= 15 is 0 Å². The van der Waals surface area contributed by atoms with Gasteiger partial charge in [-0.15, -0.1) is 0 Å². The van der Waals surface area contributed by atoms with Crippen LogP contribution in [0.5, 0.6) is 0 Å². The molecule has 2 aromatic rings. The fourth-order valence-corrected chi connectivity index (χ4v) is 2.67. The van der Waals surface area contributed by atoms with Crippen molar-refractivity contribution in [3.8, 4) is 0 Å². The van der Waals surface area contributed by atoms with Crippen molar-refractivity contribution in [3.05, 3.63) is 23.6 Å². The number of hydrogen-bond acceptors (Lipinski definition) is 6. The number of fused-ring (bicyclic) bond motifs is 1. The highest BCUT2D eigenvalue weighted by molar-refractivity contribution is 6.33. The van der Waals surface area contributed by atoms with Crippen molar-refractivity contribution >= 4 is 34.7 Å². The molecule has 0 amide bonds. The number of anilines is 1. The van der Waals surface area contributed by atoms with Crippen molar-refractivity contribution in [1.82, 2.24) is 19.5 Å². The molecule has 0 aliphatic heterocycles. The third-order valence-corrected chi connectivity index (χ3v) is 3.67. The molecule has 7 nitrogen and oxygen atoms in total. The summed E-state index contributed by atoms with van der Waals surface area (Å²) in [7, 11) is 0. The van der Waals surface area contributed by atoms with Gasteiger partial charge >= 0.3 is 5.97 Å². The van der Waals surface area contributed by atoms with Crippen LogP contribution < -0.4 is 5.73 Å². The van der Waals surface area contributed by atoms with Crippen molar-refractivity contribution in [1.29, 1.82) is 0 Å². The van der Waals surface area contributed by atoms with Gasteiger partial charge in [0, 0.05) is 12.8 Å². The summed E-state index contributed by atoms with van der Waals surface area (Å²) >= 11 is 6.01. The molecule has 2 atom stereocenters. The van der Waals surface area contributed by atoms with Gasteiger partial charge in [-0.1, -0.05) is 23.8 Å². The molecule has 0 saturated heterocycles. The summed E-state index contributed by atoms with van der Waals surface area (Å²) in [6.45, 7) is 1.79. The molecule has 1 aliphatic carbocycles. The number of nitrogens with two attached hydrogens (primary N) is 1. The molecule has 0 spiro atoms. The van der Waals surface area contributed by atoms with Crippen LogP contribution in [0.4, 0.5) is 5.95 Å². The summed E-state index contributed by atoms with van der Waals surface area (Å²) in [5.74, 6) is 0.0333. The van der Waals surface area contributed by atoms with Crippen molar-refractivity contribution < 1.29 is 9.53 Å². The molecule has 1 aliphatic rings. The fraction of sp³-hybridized carbons (Fsp3) is 0.385. The lowest BCUT2D eigenvalue weighted by Gasteiger charge is -2.13. The smallest absolute Gasteiger partial charge is 0.302 e. The Hall–Kier alpha value is -2.15.